The van der Waals surface area contributed by atoms with Crippen LogP contribution in [0.1, 0.15) is 37.8 Å². The molecule has 2 nitrogen and oxygen atoms in total. The molecule has 0 aromatic carbocycles. The van der Waals surface area contributed by atoms with Crippen molar-refractivity contribution in [2.75, 3.05) is 0 Å². The third-order valence-corrected chi connectivity index (χ3v) is 3.88. The Balaban J connectivity index is 1.97. The maximum absolute atomic E-state index is 6.41. The predicted octanol–water partition coefficient (Wildman–Crippen LogP) is 3.15. The van der Waals surface area contributed by atoms with Crippen LogP contribution >= 0.6 is 11.6 Å². The Morgan fingerprint density at radius 3 is 2.93 bits per heavy atom. The van der Waals surface area contributed by atoms with Crippen molar-refractivity contribution in [1.82, 2.24) is 9.78 Å². The summed E-state index contributed by atoms with van der Waals surface area (Å²) in [6.45, 7) is 0. The van der Waals surface area contributed by atoms with Crippen LogP contribution in [0.2, 0.25) is 0 Å². The van der Waals surface area contributed by atoms with Crippen molar-refractivity contribution in [1.29, 1.82) is 0 Å². The van der Waals surface area contributed by atoms with Crippen molar-refractivity contribution >= 4 is 11.6 Å². The smallest absolute Gasteiger partial charge is 0.0627 e. The normalized spacial score (nSPS) is 27.6. The summed E-state index contributed by atoms with van der Waals surface area (Å²) in [6, 6.07) is 2.11. The minimum absolute atomic E-state index is 0.356. The fraction of sp³-hybridized carbons (Fsp3) is 0.750. The molecule has 1 aliphatic carbocycles. The van der Waals surface area contributed by atoms with Crippen LogP contribution in [-0.4, -0.2) is 15.2 Å². The van der Waals surface area contributed by atoms with E-state index in [9.17, 15) is 0 Å². The van der Waals surface area contributed by atoms with Gasteiger partial charge in [0, 0.05) is 18.6 Å². The lowest BCUT2D eigenvalue weighted by atomic mass is 9.94. The summed E-state index contributed by atoms with van der Waals surface area (Å²) >= 11 is 6.41. The van der Waals surface area contributed by atoms with Crippen LogP contribution in [0.25, 0.3) is 0 Å². The number of hydrogen-bond donors (Lipinski definition) is 0. The zero-order valence-electron chi connectivity index (χ0n) is 9.32. The number of nitrogens with zero attached hydrogens (tertiary/aromatic N) is 2. The first-order chi connectivity index (χ1) is 7.25. The molecular weight excluding hydrogens is 208 g/mol. The summed E-state index contributed by atoms with van der Waals surface area (Å²) in [4.78, 5) is 0. The van der Waals surface area contributed by atoms with Gasteiger partial charge in [-0.1, -0.05) is 19.3 Å². The Kier molecular flexibility index (Phi) is 3.68. The summed E-state index contributed by atoms with van der Waals surface area (Å²) in [7, 11) is 1.97. The van der Waals surface area contributed by atoms with Gasteiger partial charge in [-0.25, -0.2) is 0 Å². The van der Waals surface area contributed by atoms with Crippen molar-refractivity contribution in [3.8, 4) is 0 Å². The standard InChI is InChI=1S/C12H19ClN2/c1-15-8-7-11(14-15)9-10-5-3-2-4-6-12(10)13/h7-8,10,12H,2-6,9H2,1H3. The van der Waals surface area contributed by atoms with Crippen LogP contribution in [0.15, 0.2) is 12.3 Å². The Morgan fingerprint density at radius 1 is 1.40 bits per heavy atom. The Hall–Kier alpha value is -0.500. The average Bonchev–Trinajstić information content (AvgIpc) is 2.50. The zero-order valence-corrected chi connectivity index (χ0v) is 10.1. The Labute approximate surface area is 96.6 Å². The molecule has 2 rings (SSSR count). The topological polar surface area (TPSA) is 17.8 Å². The highest BCUT2D eigenvalue weighted by Crippen LogP contribution is 2.29. The van der Waals surface area contributed by atoms with Gasteiger partial charge in [-0.3, -0.25) is 4.68 Å². The molecule has 1 aromatic rings. The van der Waals surface area contributed by atoms with Gasteiger partial charge in [-0.15, -0.1) is 11.6 Å². The number of alkyl halides is 1. The van der Waals surface area contributed by atoms with Crippen LogP contribution in [0.5, 0.6) is 0 Å². The second kappa shape index (κ2) is 5.02. The highest BCUT2D eigenvalue weighted by atomic mass is 35.5. The van der Waals surface area contributed by atoms with Crippen LogP contribution in [-0.2, 0) is 13.5 Å². The molecule has 0 aliphatic heterocycles. The quantitative estimate of drug-likeness (QED) is 0.560. The number of rotatable bonds is 2. The second-order valence-electron chi connectivity index (χ2n) is 4.60. The molecule has 1 heterocycles. The average molecular weight is 227 g/mol. The van der Waals surface area contributed by atoms with E-state index in [1.807, 2.05) is 17.9 Å². The lowest BCUT2D eigenvalue weighted by Crippen LogP contribution is -2.16. The molecule has 0 N–H and O–H groups in total. The van der Waals surface area contributed by atoms with E-state index in [4.69, 9.17) is 11.6 Å². The van der Waals surface area contributed by atoms with Gasteiger partial charge in [0.2, 0.25) is 0 Å². The molecule has 1 aromatic heterocycles. The highest BCUT2D eigenvalue weighted by molar-refractivity contribution is 6.20. The molecule has 0 amide bonds. The van der Waals surface area contributed by atoms with Gasteiger partial charge in [-0.2, -0.15) is 5.10 Å². The fourth-order valence-electron chi connectivity index (χ4n) is 2.41. The monoisotopic (exact) mass is 226 g/mol. The van der Waals surface area contributed by atoms with Crippen molar-refractivity contribution < 1.29 is 0 Å². The molecule has 0 bridgehead atoms. The molecule has 0 saturated heterocycles. The van der Waals surface area contributed by atoms with Crippen molar-refractivity contribution in [3.63, 3.8) is 0 Å². The van der Waals surface area contributed by atoms with E-state index >= 15 is 0 Å². The molecule has 3 heteroatoms. The van der Waals surface area contributed by atoms with E-state index in [1.54, 1.807) is 0 Å². The third kappa shape index (κ3) is 2.97. The molecule has 1 fully saturated rings. The number of aryl methyl sites for hydroxylation is 1. The number of halogens is 1. The maximum Gasteiger partial charge on any atom is 0.0627 e. The SMILES string of the molecule is Cn1ccc(CC2CCCCCC2Cl)n1. The third-order valence-electron chi connectivity index (χ3n) is 3.31. The summed E-state index contributed by atoms with van der Waals surface area (Å²) in [5, 5.41) is 4.78. The highest BCUT2D eigenvalue weighted by Gasteiger charge is 2.22. The molecule has 1 saturated carbocycles. The predicted molar refractivity (Wildman–Crippen MR) is 63.1 cm³/mol. The van der Waals surface area contributed by atoms with Gasteiger partial charge >= 0.3 is 0 Å². The summed E-state index contributed by atoms with van der Waals surface area (Å²) < 4.78 is 1.87. The van der Waals surface area contributed by atoms with E-state index in [0.29, 0.717) is 11.3 Å². The first-order valence-corrected chi connectivity index (χ1v) is 6.32. The van der Waals surface area contributed by atoms with Gasteiger partial charge in [0.15, 0.2) is 0 Å². The molecule has 15 heavy (non-hydrogen) atoms. The van der Waals surface area contributed by atoms with Crippen molar-refractivity contribution in [3.05, 3.63) is 18.0 Å². The zero-order chi connectivity index (χ0) is 10.7. The maximum atomic E-state index is 6.41. The first-order valence-electron chi connectivity index (χ1n) is 5.88. The largest absolute Gasteiger partial charge is 0.276 e. The number of hydrogen-bond acceptors (Lipinski definition) is 1. The molecular formula is C12H19ClN2. The summed E-state index contributed by atoms with van der Waals surface area (Å²) in [6.07, 6.45) is 9.49. The summed E-state index contributed by atoms with van der Waals surface area (Å²) in [5.74, 6) is 0.629. The second-order valence-corrected chi connectivity index (χ2v) is 5.16. The fourth-order valence-corrected chi connectivity index (χ4v) is 2.78. The van der Waals surface area contributed by atoms with Crippen molar-refractivity contribution in [2.24, 2.45) is 13.0 Å². The van der Waals surface area contributed by atoms with E-state index in [-0.39, 0.29) is 0 Å². The van der Waals surface area contributed by atoms with Crippen molar-refractivity contribution in [2.45, 2.75) is 43.9 Å². The first kappa shape index (κ1) is 11.0. The Bertz CT molecular complexity index is 308. The van der Waals surface area contributed by atoms with E-state index in [1.165, 1.54) is 37.8 Å². The van der Waals surface area contributed by atoms with Gasteiger partial charge in [-0.05, 0) is 31.2 Å². The van der Waals surface area contributed by atoms with E-state index < -0.39 is 0 Å². The van der Waals surface area contributed by atoms with Crippen LogP contribution < -0.4 is 0 Å². The van der Waals surface area contributed by atoms with E-state index in [0.717, 1.165) is 6.42 Å². The molecule has 0 radical (unpaired) electrons. The van der Waals surface area contributed by atoms with Crippen LogP contribution in [0.4, 0.5) is 0 Å². The van der Waals surface area contributed by atoms with Crippen LogP contribution in [0, 0.1) is 5.92 Å². The minimum Gasteiger partial charge on any atom is -0.276 e. The summed E-state index contributed by atoms with van der Waals surface area (Å²) in [5.41, 5.74) is 1.19. The number of aromatic nitrogens is 2. The van der Waals surface area contributed by atoms with Gasteiger partial charge in [0.25, 0.3) is 0 Å². The molecule has 84 valence electrons. The van der Waals surface area contributed by atoms with Crippen LogP contribution in [0.3, 0.4) is 0 Å². The molecule has 0 spiro atoms. The molecule has 1 aliphatic rings. The lowest BCUT2D eigenvalue weighted by molar-refractivity contribution is 0.458. The lowest BCUT2D eigenvalue weighted by Gasteiger charge is -2.18. The van der Waals surface area contributed by atoms with E-state index in [2.05, 4.69) is 11.2 Å². The van der Waals surface area contributed by atoms with Gasteiger partial charge in [0.05, 0.1) is 5.69 Å². The minimum atomic E-state index is 0.356. The molecule has 2 atom stereocenters. The van der Waals surface area contributed by atoms with Gasteiger partial charge in [0.1, 0.15) is 0 Å². The molecule has 2 unspecified atom stereocenters. The van der Waals surface area contributed by atoms with Gasteiger partial charge < -0.3 is 0 Å². The Morgan fingerprint density at radius 2 is 2.20 bits per heavy atom.